The second-order valence-corrected chi connectivity index (χ2v) is 6.75. The van der Waals surface area contributed by atoms with Crippen LogP contribution in [-0.4, -0.2) is 10.7 Å². The molecule has 0 spiro atoms. The van der Waals surface area contributed by atoms with Crippen molar-refractivity contribution in [3.63, 3.8) is 0 Å². The summed E-state index contributed by atoms with van der Waals surface area (Å²) >= 11 is 0. The first kappa shape index (κ1) is 17.7. The number of Topliss-reactive ketones (excluding diaryl/α,β-unsaturated/α-hetero) is 1. The van der Waals surface area contributed by atoms with E-state index in [9.17, 15) is 14.9 Å². The van der Waals surface area contributed by atoms with Gasteiger partial charge in [0.05, 0.1) is 17.1 Å². The fourth-order valence-corrected chi connectivity index (χ4v) is 3.19. The number of nitro benzene ring substituents is 1. The van der Waals surface area contributed by atoms with Crippen molar-refractivity contribution in [3.8, 4) is 23.0 Å². The minimum Gasteiger partial charge on any atom is -0.456 e. The fraction of sp³-hybridized carbons (Fsp3) is 0.136. The van der Waals surface area contributed by atoms with Crippen molar-refractivity contribution >= 4 is 11.5 Å². The Kier molecular flexibility index (Phi) is 4.31. The van der Waals surface area contributed by atoms with Crippen molar-refractivity contribution in [1.29, 1.82) is 0 Å². The number of nitrogens with zero attached hydrogens (tertiary/aromatic N) is 1. The maximum absolute atomic E-state index is 13.0. The molecule has 1 heterocycles. The van der Waals surface area contributed by atoms with Crippen LogP contribution in [0.3, 0.4) is 0 Å². The number of carbonyl (C=O) groups excluding carboxylic acids is 1. The third kappa shape index (κ3) is 3.20. The minimum absolute atomic E-state index is 0.119. The Bertz CT molecular complexity index is 1120. The van der Waals surface area contributed by atoms with Gasteiger partial charge in [-0.25, -0.2) is 0 Å². The Morgan fingerprint density at radius 2 is 1.79 bits per heavy atom. The van der Waals surface area contributed by atoms with Crippen LogP contribution in [0.25, 0.3) is 0 Å². The molecular weight excluding hydrogens is 358 g/mol. The van der Waals surface area contributed by atoms with Gasteiger partial charge in [-0.15, -0.1) is 0 Å². The summed E-state index contributed by atoms with van der Waals surface area (Å²) in [5.74, 6) is 1.08. The Labute approximate surface area is 161 Å². The quantitative estimate of drug-likeness (QED) is 0.444. The van der Waals surface area contributed by atoms with E-state index in [1.54, 1.807) is 12.1 Å². The first-order valence-corrected chi connectivity index (χ1v) is 8.79. The van der Waals surface area contributed by atoms with E-state index in [2.05, 4.69) is 0 Å². The molecule has 0 N–H and O–H groups in total. The first-order chi connectivity index (χ1) is 13.4. The van der Waals surface area contributed by atoms with Crippen LogP contribution in [0.5, 0.6) is 23.0 Å². The molecule has 3 aromatic rings. The van der Waals surface area contributed by atoms with Gasteiger partial charge < -0.3 is 9.47 Å². The minimum atomic E-state index is -0.527. The smallest absolute Gasteiger partial charge is 0.276 e. The van der Waals surface area contributed by atoms with E-state index in [-0.39, 0.29) is 35.0 Å². The summed E-state index contributed by atoms with van der Waals surface area (Å²) in [6, 6.07) is 15.4. The van der Waals surface area contributed by atoms with Crippen LogP contribution in [0, 0.1) is 24.0 Å². The normalized spacial score (nSPS) is 12.4. The van der Waals surface area contributed by atoms with Crippen LogP contribution in [0.15, 0.2) is 54.6 Å². The average Bonchev–Trinajstić information content (AvgIpc) is 2.79. The molecule has 3 aromatic carbocycles. The highest BCUT2D eigenvalue weighted by molar-refractivity contribution is 6.04. The van der Waals surface area contributed by atoms with Gasteiger partial charge in [0.1, 0.15) is 28.6 Å². The lowest BCUT2D eigenvalue weighted by atomic mass is 10.0. The maximum atomic E-state index is 13.0. The monoisotopic (exact) mass is 375 g/mol. The van der Waals surface area contributed by atoms with Crippen molar-refractivity contribution in [1.82, 2.24) is 0 Å². The molecule has 1 aliphatic heterocycles. The Hall–Kier alpha value is -3.67. The summed E-state index contributed by atoms with van der Waals surface area (Å²) in [4.78, 5) is 23.9. The molecule has 0 bridgehead atoms. The second kappa shape index (κ2) is 6.81. The van der Waals surface area contributed by atoms with Crippen LogP contribution in [-0.2, 0) is 6.42 Å². The number of ketones is 1. The van der Waals surface area contributed by atoms with Crippen LogP contribution >= 0.6 is 0 Å². The molecule has 0 aliphatic carbocycles. The molecule has 0 amide bonds. The van der Waals surface area contributed by atoms with Gasteiger partial charge in [-0.3, -0.25) is 14.9 Å². The Balaban J connectivity index is 1.89. The van der Waals surface area contributed by atoms with Crippen LogP contribution in [0.1, 0.15) is 27.0 Å². The number of fused-ring (bicyclic) bond motifs is 2. The molecule has 0 fully saturated rings. The Morgan fingerprint density at radius 3 is 2.54 bits per heavy atom. The van der Waals surface area contributed by atoms with Crippen molar-refractivity contribution in [3.05, 3.63) is 87.0 Å². The van der Waals surface area contributed by atoms with E-state index >= 15 is 0 Å². The van der Waals surface area contributed by atoms with E-state index in [4.69, 9.17) is 9.47 Å². The highest BCUT2D eigenvalue weighted by atomic mass is 16.6. The highest BCUT2D eigenvalue weighted by Gasteiger charge is 2.29. The number of ether oxygens (including phenoxy) is 2. The van der Waals surface area contributed by atoms with E-state index < -0.39 is 4.92 Å². The molecule has 0 saturated carbocycles. The molecule has 1 aliphatic rings. The van der Waals surface area contributed by atoms with E-state index in [1.165, 1.54) is 12.1 Å². The lowest BCUT2D eigenvalue weighted by Gasteiger charge is -2.14. The first-order valence-electron chi connectivity index (χ1n) is 8.79. The number of hydrogen-bond acceptors (Lipinski definition) is 5. The number of rotatable bonds is 3. The summed E-state index contributed by atoms with van der Waals surface area (Å²) < 4.78 is 11.9. The van der Waals surface area contributed by atoms with Crippen LogP contribution in [0.4, 0.5) is 5.69 Å². The summed E-state index contributed by atoms with van der Waals surface area (Å²) in [6.45, 7) is 3.78. The van der Waals surface area contributed by atoms with Crippen molar-refractivity contribution in [2.45, 2.75) is 20.3 Å². The van der Waals surface area contributed by atoms with Crippen molar-refractivity contribution in [2.75, 3.05) is 0 Å². The summed E-state index contributed by atoms with van der Waals surface area (Å²) in [5.41, 5.74) is 2.56. The van der Waals surface area contributed by atoms with Crippen molar-refractivity contribution in [2.24, 2.45) is 0 Å². The molecule has 4 rings (SSSR count). The molecule has 0 saturated heterocycles. The lowest BCUT2D eigenvalue weighted by Crippen LogP contribution is -2.05. The lowest BCUT2D eigenvalue weighted by molar-refractivity contribution is -0.385. The van der Waals surface area contributed by atoms with Gasteiger partial charge in [0.25, 0.3) is 5.69 Å². The van der Waals surface area contributed by atoms with Gasteiger partial charge in [-0.2, -0.15) is 0 Å². The van der Waals surface area contributed by atoms with E-state index in [1.807, 2.05) is 44.2 Å². The van der Waals surface area contributed by atoms with Crippen LogP contribution < -0.4 is 9.47 Å². The second-order valence-electron chi connectivity index (χ2n) is 6.75. The molecule has 28 heavy (non-hydrogen) atoms. The molecule has 0 aromatic heterocycles. The van der Waals surface area contributed by atoms with Gasteiger partial charge in [0.15, 0.2) is 5.78 Å². The number of non-ortho nitro benzene ring substituents is 1. The van der Waals surface area contributed by atoms with Gasteiger partial charge in [-0.1, -0.05) is 30.3 Å². The standard InChI is InChI=1S/C22H17NO5/c1-13-7-8-15-10-17(24)22-20(27-18-6-4-3-5-14(18)2)11-16(23(25)26)12-21(22)28-19(15)9-13/h3-9,11-12H,10H2,1-2H3. The molecular formula is C22H17NO5. The predicted molar refractivity (Wildman–Crippen MR) is 104 cm³/mol. The molecule has 0 radical (unpaired) electrons. The predicted octanol–water partition coefficient (Wildman–Crippen LogP) is 5.54. The number of para-hydroxylation sites is 1. The summed E-state index contributed by atoms with van der Waals surface area (Å²) in [6.07, 6.45) is 0.130. The number of aryl methyl sites for hydroxylation is 2. The zero-order valence-corrected chi connectivity index (χ0v) is 15.4. The summed E-state index contributed by atoms with van der Waals surface area (Å²) in [7, 11) is 0. The SMILES string of the molecule is Cc1ccc2c(c1)Oc1cc([N+](=O)[O-])cc(Oc3ccccc3C)c1C(=O)C2. The fourth-order valence-electron chi connectivity index (χ4n) is 3.19. The molecule has 140 valence electrons. The average molecular weight is 375 g/mol. The third-order valence-electron chi connectivity index (χ3n) is 4.65. The van der Waals surface area contributed by atoms with Gasteiger partial charge in [0, 0.05) is 12.0 Å². The van der Waals surface area contributed by atoms with Crippen molar-refractivity contribution < 1.29 is 19.2 Å². The van der Waals surface area contributed by atoms with E-state index in [0.29, 0.717) is 11.5 Å². The molecule has 6 nitrogen and oxygen atoms in total. The molecule has 6 heteroatoms. The maximum Gasteiger partial charge on any atom is 0.276 e. The third-order valence-corrected chi connectivity index (χ3v) is 4.65. The van der Waals surface area contributed by atoms with E-state index in [0.717, 1.165) is 16.7 Å². The largest absolute Gasteiger partial charge is 0.456 e. The van der Waals surface area contributed by atoms with Gasteiger partial charge in [0.2, 0.25) is 0 Å². The number of hydrogen-bond donors (Lipinski definition) is 0. The summed E-state index contributed by atoms with van der Waals surface area (Å²) in [5, 5.41) is 11.4. The number of benzene rings is 3. The van der Waals surface area contributed by atoms with Gasteiger partial charge >= 0.3 is 0 Å². The topological polar surface area (TPSA) is 78.7 Å². The Morgan fingerprint density at radius 1 is 1.00 bits per heavy atom. The van der Waals surface area contributed by atoms with Gasteiger partial charge in [-0.05, 0) is 37.1 Å². The number of nitro groups is 1. The molecule has 0 unspecified atom stereocenters. The molecule has 0 atom stereocenters. The number of carbonyl (C=O) groups is 1. The highest BCUT2D eigenvalue weighted by Crippen LogP contribution is 2.43. The van der Waals surface area contributed by atoms with Crippen LogP contribution in [0.2, 0.25) is 0 Å². The zero-order valence-electron chi connectivity index (χ0n) is 15.4. The zero-order chi connectivity index (χ0) is 19.8.